The molecular formula is C7H8BrNO5S. The smallest absolute Gasteiger partial charge is 0.371 e. The lowest BCUT2D eigenvalue weighted by Gasteiger charge is -2.08. The summed E-state index contributed by atoms with van der Waals surface area (Å²) < 4.78 is 28.8. The van der Waals surface area contributed by atoms with Crippen LogP contribution in [0.15, 0.2) is 20.0 Å². The summed E-state index contributed by atoms with van der Waals surface area (Å²) in [7, 11) is -1.01. The van der Waals surface area contributed by atoms with Crippen molar-refractivity contribution in [2.45, 2.75) is 4.90 Å². The molecule has 0 radical (unpaired) electrons. The Morgan fingerprint density at radius 3 is 2.40 bits per heavy atom. The number of carbonyl (C=O) groups is 1. The summed E-state index contributed by atoms with van der Waals surface area (Å²) in [6, 6.07) is 0.960. The number of carboxylic acids is 1. The van der Waals surface area contributed by atoms with Gasteiger partial charge in [-0.05, 0) is 15.9 Å². The van der Waals surface area contributed by atoms with Gasteiger partial charge in [0, 0.05) is 20.2 Å². The van der Waals surface area contributed by atoms with Crippen LogP contribution in [0.1, 0.15) is 10.6 Å². The van der Waals surface area contributed by atoms with Crippen LogP contribution in [-0.4, -0.2) is 37.9 Å². The third-order valence-electron chi connectivity index (χ3n) is 1.62. The van der Waals surface area contributed by atoms with E-state index >= 15 is 0 Å². The van der Waals surface area contributed by atoms with E-state index in [1.807, 2.05) is 0 Å². The summed E-state index contributed by atoms with van der Waals surface area (Å²) in [5.41, 5.74) is 0. The highest BCUT2D eigenvalue weighted by molar-refractivity contribution is 9.10. The molecule has 0 amide bonds. The van der Waals surface area contributed by atoms with E-state index in [2.05, 4.69) is 15.9 Å². The fourth-order valence-electron chi connectivity index (χ4n) is 0.830. The zero-order valence-electron chi connectivity index (χ0n) is 7.89. The van der Waals surface area contributed by atoms with Gasteiger partial charge >= 0.3 is 5.97 Å². The molecule has 0 unspecified atom stereocenters. The predicted octanol–water partition coefficient (Wildman–Crippen LogP) is 0.991. The van der Waals surface area contributed by atoms with Crippen molar-refractivity contribution < 1.29 is 22.7 Å². The van der Waals surface area contributed by atoms with Crippen LogP contribution in [0.3, 0.4) is 0 Å². The van der Waals surface area contributed by atoms with Crippen molar-refractivity contribution in [1.82, 2.24) is 4.31 Å². The summed E-state index contributed by atoms with van der Waals surface area (Å²) in [4.78, 5) is 10.3. The number of furan rings is 1. The minimum absolute atomic E-state index is 0.117. The predicted molar refractivity (Wildman–Crippen MR) is 54.2 cm³/mol. The first-order valence-corrected chi connectivity index (χ1v) is 5.95. The van der Waals surface area contributed by atoms with E-state index in [1.54, 1.807) is 0 Å². The molecule has 1 rings (SSSR count). The van der Waals surface area contributed by atoms with Crippen LogP contribution in [0.5, 0.6) is 0 Å². The zero-order valence-corrected chi connectivity index (χ0v) is 10.3. The SMILES string of the molecule is CN(C)S(=O)(=O)c1cc(C(=O)O)oc1Br. The molecule has 1 aromatic rings. The molecule has 1 heterocycles. The van der Waals surface area contributed by atoms with E-state index in [4.69, 9.17) is 9.52 Å². The molecule has 0 atom stereocenters. The van der Waals surface area contributed by atoms with E-state index in [9.17, 15) is 13.2 Å². The second-order valence-electron chi connectivity index (χ2n) is 2.84. The fraction of sp³-hybridized carbons (Fsp3) is 0.286. The maximum atomic E-state index is 11.6. The molecule has 8 heteroatoms. The van der Waals surface area contributed by atoms with Crippen LogP contribution in [0, 0.1) is 0 Å². The van der Waals surface area contributed by atoms with Gasteiger partial charge < -0.3 is 9.52 Å². The number of sulfonamides is 1. The van der Waals surface area contributed by atoms with E-state index < -0.39 is 21.8 Å². The zero-order chi connectivity index (χ0) is 11.8. The Kier molecular flexibility index (Phi) is 3.22. The number of halogens is 1. The summed E-state index contributed by atoms with van der Waals surface area (Å²) in [5.74, 6) is -1.75. The molecule has 15 heavy (non-hydrogen) atoms. The third-order valence-corrected chi connectivity index (χ3v) is 4.30. The van der Waals surface area contributed by atoms with Crippen molar-refractivity contribution in [2.24, 2.45) is 0 Å². The number of nitrogens with zero attached hydrogens (tertiary/aromatic N) is 1. The molecule has 1 aromatic heterocycles. The molecule has 0 saturated carbocycles. The molecule has 84 valence electrons. The van der Waals surface area contributed by atoms with Crippen molar-refractivity contribution in [1.29, 1.82) is 0 Å². The molecule has 1 N–H and O–H groups in total. The molecule has 0 spiro atoms. The van der Waals surface area contributed by atoms with E-state index in [-0.39, 0.29) is 9.56 Å². The minimum atomic E-state index is -3.69. The van der Waals surface area contributed by atoms with Gasteiger partial charge in [-0.25, -0.2) is 17.5 Å². The van der Waals surface area contributed by atoms with Crippen molar-refractivity contribution in [3.8, 4) is 0 Å². The molecule has 0 saturated heterocycles. The number of hydrogen-bond donors (Lipinski definition) is 1. The maximum Gasteiger partial charge on any atom is 0.371 e. The van der Waals surface area contributed by atoms with Gasteiger partial charge in [-0.2, -0.15) is 0 Å². The molecular weight excluding hydrogens is 290 g/mol. The first-order valence-electron chi connectivity index (χ1n) is 3.72. The summed E-state index contributed by atoms with van der Waals surface area (Å²) in [6.07, 6.45) is 0. The van der Waals surface area contributed by atoms with Crippen LogP contribution in [0.4, 0.5) is 0 Å². The fourth-order valence-corrected chi connectivity index (χ4v) is 2.63. The van der Waals surface area contributed by atoms with Crippen LogP contribution < -0.4 is 0 Å². The number of rotatable bonds is 3. The normalized spacial score (nSPS) is 12.0. The highest BCUT2D eigenvalue weighted by atomic mass is 79.9. The van der Waals surface area contributed by atoms with E-state index in [1.165, 1.54) is 14.1 Å². The van der Waals surface area contributed by atoms with Crippen LogP contribution in [0.2, 0.25) is 0 Å². The number of carboxylic acid groups (broad SMARTS) is 1. The molecule has 0 fully saturated rings. The Hall–Kier alpha value is -0.860. The lowest BCUT2D eigenvalue weighted by atomic mass is 10.5. The maximum absolute atomic E-state index is 11.6. The molecule has 0 aliphatic rings. The van der Waals surface area contributed by atoms with Gasteiger partial charge in [0.1, 0.15) is 4.90 Å². The summed E-state index contributed by atoms with van der Waals surface area (Å²) >= 11 is 2.85. The van der Waals surface area contributed by atoms with Crippen LogP contribution >= 0.6 is 15.9 Å². The highest BCUT2D eigenvalue weighted by Gasteiger charge is 2.26. The first-order chi connectivity index (χ1) is 6.76. The quantitative estimate of drug-likeness (QED) is 0.899. The van der Waals surface area contributed by atoms with Crippen LogP contribution in [0.25, 0.3) is 0 Å². The largest absolute Gasteiger partial charge is 0.475 e. The molecule has 0 bridgehead atoms. The lowest BCUT2D eigenvalue weighted by Crippen LogP contribution is -2.22. The average Bonchev–Trinajstić information content (AvgIpc) is 2.47. The van der Waals surface area contributed by atoms with Gasteiger partial charge in [0.2, 0.25) is 15.8 Å². The Morgan fingerprint density at radius 1 is 1.53 bits per heavy atom. The second kappa shape index (κ2) is 3.95. The molecule has 0 aliphatic heterocycles. The lowest BCUT2D eigenvalue weighted by molar-refractivity contribution is 0.0661. The topological polar surface area (TPSA) is 87.8 Å². The standard InChI is InChI=1S/C7H8BrNO5S/c1-9(2)15(12,13)5-3-4(7(10)11)14-6(5)8/h3H,1-2H3,(H,10,11). The Labute approximate surface area is 94.7 Å². The van der Waals surface area contributed by atoms with Gasteiger partial charge in [-0.1, -0.05) is 0 Å². The van der Waals surface area contributed by atoms with Gasteiger partial charge in [0.25, 0.3) is 0 Å². The van der Waals surface area contributed by atoms with Crippen molar-refractivity contribution in [3.05, 3.63) is 16.5 Å². The van der Waals surface area contributed by atoms with Gasteiger partial charge in [0.05, 0.1) is 0 Å². The molecule has 6 nitrogen and oxygen atoms in total. The van der Waals surface area contributed by atoms with Gasteiger partial charge in [-0.15, -0.1) is 0 Å². The number of aromatic carboxylic acids is 1. The Bertz CT molecular complexity index is 489. The Balaban J connectivity index is 3.34. The highest BCUT2D eigenvalue weighted by Crippen LogP contribution is 2.27. The van der Waals surface area contributed by atoms with Crippen molar-refractivity contribution >= 4 is 31.9 Å². The van der Waals surface area contributed by atoms with E-state index in [0.29, 0.717) is 0 Å². The van der Waals surface area contributed by atoms with E-state index in [0.717, 1.165) is 10.4 Å². The van der Waals surface area contributed by atoms with Gasteiger partial charge in [-0.3, -0.25) is 0 Å². The van der Waals surface area contributed by atoms with Crippen LogP contribution in [-0.2, 0) is 10.0 Å². The van der Waals surface area contributed by atoms with Gasteiger partial charge in [0.15, 0.2) is 4.67 Å². The third kappa shape index (κ3) is 2.21. The molecule has 0 aliphatic carbocycles. The number of hydrogen-bond acceptors (Lipinski definition) is 4. The van der Waals surface area contributed by atoms with Crippen molar-refractivity contribution in [2.75, 3.05) is 14.1 Å². The second-order valence-corrected chi connectivity index (χ2v) is 5.68. The monoisotopic (exact) mass is 297 g/mol. The van der Waals surface area contributed by atoms with Crippen molar-refractivity contribution in [3.63, 3.8) is 0 Å². The average molecular weight is 298 g/mol. The minimum Gasteiger partial charge on any atom is -0.475 e. The first kappa shape index (κ1) is 12.2. The Morgan fingerprint density at radius 2 is 2.07 bits per heavy atom. The summed E-state index contributed by atoms with van der Waals surface area (Å²) in [5, 5.41) is 8.60. The summed E-state index contributed by atoms with van der Waals surface area (Å²) in [6.45, 7) is 0. The molecule has 0 aromatic carbocycles.